The fourth-order valence-corrected chi connectivity index (χ4v) is 0.217. The van der Waals surface area contributed by atoms with Gasteiger partial charge in [0.15, 0.2) is 4.30 Å². The van der Waals surface area contributed by atoms with E-state index >= 15 is 0 Å². The average molecular weight is 276 g/mol. The van der Waals surface area contributed by atoms with Crippen molar-refractivity contribution in [3.8, 4) is 0 Å². The van der Waals surface area contributed by atoms with Crippen LogP contribution in [0, 0.1) is 0 Å². The molecule has 0 aromatic carbocycles. The molecule has 0 aliphatic carbocycles. The second-order valence-electron chi connectivity index (χ2n) is 0.974. The van der Waals surface area contributed by atoms with Gasteiger partial charge in [-0.3, -0.25) is 0 Å². The summed E-state index contributed by atoms with van der Waals surface area (Å²) in [7, 11) is 0. The Balaban J connectivity index is -0.000000118. The summed E-state index contributed by atoms with van der Waals surface area (Å²) in [5.74, 6) is 0.534. The lowest BCUT2D eigenvalue weighted by Crippen LogP contribution is -1.84. The van der Waals surface area contributed by atoms with E-state index in [4.69, 9.17) is 46.4 Å². The highest BCUT2D eigenvalue weighted by atomic mass is 35.6. The van der Waals surface area contributed by atoms with E-state index in [9.17, 15) is 0 Å². The highest BCUT2D eigenvalue weighted by Gasteiger charge is 1.78. The summed E-state index contributed by atoms with van der Waals surface area (Å²) < 4.78 is 3.86. The lowest BCUT2D eigenvalue weighted by atomic mass is 10.9. The minimum absolute atomic E-state index is 0.534. The molecule has 0 amide bonds. The van der Waals surface area contributed by atoms with Crippen LogP contribution in [0.1, 0.15) is 0 Å². The van der Waals surface area contributed by atoms with Crippen LogP contribution in [0.4, 0.5) is 0 Å². The van der Waals surface area contributed by atoms with Crippen LogP contribution in [0.3, 0.4) is 0 Å². The first kappa shape index (κ1) is 18.7. The summed E-state index contributed by atoms with van der Waals surface area (Å²) in [5.41, 5.74) is 0. The number of halogens is 5. The molecular weight excluding hydrogens is 265 g/mol. The molecule has 6 heteroatoms. The summed E-state index contributed by atoms with van der Waals surface area (Å²) in [6.07, 6.45) is 2.85. The maximum atomic E-state index is 5.21. The number of hydrogen-bond acceptors (Lipinski definition) is 1. The molecule has 0 saturated carbocycles. The molecule has 1 nitrogen and oxygen atoms in total. The fourth-order valence-electron chi connectivity index (χ4n) is 0.128. The van der Waals surface area contributed by atoms with Crippen molar-refractivity contribution in [3.05, 3.63) is 12.8 Å². The van der Waals surface area contributed by atoms with Gasteiger partial charge in [-0.2, -0.15) is 0 Å². The van der Waals surface area contributed by atoms with E-state index in [0.29, 0.717) is 12.5 Å². The second kappa shape index (κ2) is 22.7. The molecule has 0 aromatic rings. The Labute approximate surface area is 98.5 Å². The van der Waals surface area contributed by atoms with Crippen molar-refractivity contribution in [3.63, 3.8) is 0 Å². The van der Waals surface area contributed by atoms with Crippen LogP contribution in [0.25, 0.3) is 0 Å². The van der Waals surface area contributed by atoms with Crippen LogP contribution < -0.4 is 0 Å². The van der Waals surface area contributed by atoms with Crippen molar-refractivity contribution in [2.24, 2.45) is 0 Å². The number of alkyl halides is 5. The Bertz CT molecular complexity index is 66.2. The second-order valence-corrected chi connectivity index (χ2v) is 3.33. The molecule has 0 aliphatic heterocycles. The van der Waals surface area contributed by atoms with Gasteiger partial charge in [0.25, 0.3) is 0 Å². The van der Waals surface area contributed by atoms with E-state index < -0.39 is 4.30 Å². The van der Waals surface area contributed by atoms with Crippen LogP contribution in [0.2, 0.25) is 0 Å². The summed E-state index contributed by atoms with van der Waals surface area (Å²) in [6, 6.07) is 0. The van der Waals surface area contributed by atoms with E-state index in [2.05, 4.69) is 22.9 Å². The Kier molecular flexibility index (Phi) is 35.4. The first-order valence-electron chi connectivity index (χ1n) is 2.73. The summed E-state index contributed by atoms with van der Waals surface area (Å²) in [5, 5.41) is 0. The van der Waals surface area contributed by atoms with Crippen molar-refractivity contribution < 1.29 is 4.74 Å². The standard InChI is InChI=1S/C4H7ClO.CHCl3.CH3Cl/c1-2-6-4-3-5;2-1(3)4;1-2/h2H,1,3-4H2;1H;1H3. The van der Waals surface area contributed by atoms with Gasteiger partial charge in [-0.05, 0) is 0 Å². The quantitative estimate of drug-likeness (QED) is 0.426. The molecule has 0 rings (SSSR count). The van der Waals surface area contributed by atoms with E-state index in [1.807, 2.05) is 0 Å². The number of hydrogen-bond donors (Lipinski definition) is 0. The highest BCUT2D eigenvalue weighted by Crippen LogP contribution is 2.03. The highest BCUT2D eigenvalue weighted by molar-refractivity contribution is 6.63. The predicted octanol–water partition coefficient (Wildman–Crippen LogP) is 4.23. The molecule has 0 unspecified atom stereocenters. The number of rotatable bonds is 3. The van der Waals surface area contributed by atoms with Gasteiger partial charge < -0.3 is 4.74 Å². The molecule has 0 heterocycles. The third kappa shape index (κ3) is 68.9. The van der Waals surface area contributed by atoms with Crippen LogP contribution in [-0.2, 0) is 4.74 Å². The van der Waals surface area contributed by atoms with Crippen molar-refractivity contribution in [1.29, 1.82) is 0 Å². The number of ether oxygens (including phenoxy) is 1. The third-order valence-corrected chi connectivity index (χ3v) is 0.467. The monoisotopic (exact) mass is 274 g/mol. The zero-order valence-electron chi connectivity index (χ0n) is 6.57. The zero-order chi connectivity index (χ0) is 10.4. The third-order valence-electron chi connectivity index (χ3n) is 0.313. The van der Waals surface area contributed by atoms with Gasteiger partial charge in [0, 0.05) is 6.38 Å². The minimum Gasteiger partial charge on any atom is -0.501 e. The molecule has 0 aliphatic rings. The summed E-state index contributed by atoms with van der Waals surface area (Å²) in [6.45, 7) is 3.88. The Hall–Kier alpha value is 0.990. The van der Waals surface area contributed by atoms with Crippen LogP contribution in [0.5, 0.6) is 0 Å². The minimum atomic E-state index is -0.750. The van der Waals surface area contributed by atoms with Crippen LogP contribution in [0.15, 0.2) is 12.8 Å². The largest absolute Gasteiger partial charge is 0.501 e. The van der Waals surface area contributed by atoms with Gasteiger partial charge in [0.1, 0.15) is 6.61 Å². The van der Waals surface area contributed by atoms with Gasteiger partial charge in [0.05, 0.1) is 12.1 Å². The lowest BCUT2D eigenvalue weighted by Gasteiger charge is -1.89. The van der Waals surface area contributed by atoms with Gasteiger partial charge in [0.2, 0.25) is 0 Å². The molecule has 0 atom stereocenters. The zero-order valence-corrected chi connectivity index (χ0v) is 10.4. The lowest BCUT2D eigenvalue weighted by molar-refractivity contribution is 0.273. The van der Waals surface area contributed by atoms with E-state index in [-0.39, 0.29) is 0 Å². The molecule has 0 saturated heterocycles. The van der Waals surface area contributed by atoms with Crippen molar-refractivity contribution in [2.75, 3.05) is 18.9 Å². The topological polar surface area (TPSA) is 9.23 Å². The molecule has 0 radical (unpaired) electrons. The van der Waals surface area contributed by atoms with Crippen molar-refractivity contribution >= 4 is 58.0 Å². The fraction of sp³-hybridized carbons (Fsp3) is 0.667. The van der Waals surface area contributed by atoms with Crippen LogP contribution >= 0.6 is 58.0 Å². The van der Waals surface area contributed by atoms with Crippen LogP contribution in [-0.4, -0.2) is 23.2 Å². The molecule has 76 valence electrons. The Morgan fingerprint density at radius 1 is 1.33 bits per heavy atom. The first-order chi connectivity index (χ1) is 5.65. The maximum Gasteiger partial charge on any atom is 0.180 e. The molecule has 0 fully saturated rings. The predicted molar refractivity (Wildman–Crippen MR) is 60.0 cm³/mol. The first-order valence-corrected chi connectivity index (χ1v) is 5.33. The van der Waals surface area contributed by atoms with Crippen molar-refractivity contribution in [1.82, 2.24) is 0 Å². The van der Waals surface area contributed by atoms with E-state index in [1.165, 1.54) is 12.6 Å². The Morgan fingerprint density at radius 2 is 1.67 bits per heavy atom. The summed E-state index contributed by atoms with van der Waals surface area (Å²) in [4.78, 5) is 0. The molecule has 12 heavy (non-hydrogen) atoms. The van der Waals surface area contributed by atoms with Gasteiger partial charge in [-0.15, -0.1) is 23.2 Å². The van der Waals surface area contributed by atoms with Crippen molar-refractivity contribution in [2.45, 2.75) is 4.30 Å². The average Bonchev–Trinajstić information content (AvgIpc) is 2.04. The van der Waals surface area contributed by atoms with Gasteiger partial charge in [-0.1, -0.05) is 41.4 Å². The molecule has 0 N–H and O–H groups in total. The van der Waals surface area contributed by atoms with E-state index in [0.717, 1.165) is 0 Å². The summed E-state index contributed by atoms with van der Waals surface area (Å²) >= 11 is 24.3. The molecule has 0 aromatic heterocycles. The SMILES string of the molecule is C=COCCCl.CCl.ClC(Cl)Cl. The normalized spacial score (nSPS) is 7.25. The molecule has 0 bridgehead atoms. The van der Waals surface area contributed by atoms with E-state index in [1.54, 1.807) is 0 Å². The Morgan fingerprint density at radius 3 is 1.75 bits per heavy atom. The van der Waals surface area contributed by atoms with Gasteiger partial charge in [-0.25, -0.2) is 0 Å². The maximum absolute atomic E-state index is 5.21. The molecular formula is C6H11Cl5O. The molecule has 0 spiro atoms. The smallest absolute Gasteiger partial charge is 0.180 e. The van der Waals surface area contributed by atoms with Gasteiger partial charge >= 0.3 is 0 Å².